The van der Waals surface area contributed by atoms with Crippen LogP contribution < -0.4 is 16.0 Å². The summed E-state index contributed by atoms with van der Waals surface area (Å²) in [6, 6.07) is 7.65. The van der Waals surface area contributed by atoms with E-state index in [9.17, 15) is 9.59 Å². The predicted molar refractivity (Wildman–Crippen MR) is 92.4 cm³/mol. The van der Waals surface area contributed by atoms with Gasteiger partial charge in [0.1, 0.15) is 5.54 Å². The van der Waals surface area contributed by atoms with Crippen molar-refractivity contribution in [2.45, 2.75) is 51.3 Å². The molecule has 0 bridgehead atoms. The molecule has 2 rings (SSSR count). The normalized spacial score (nSPS) is 15.8. The molecule has 1 aliphatic rings. The van der Waals surface area contributed by atoms with E-state index in [0.29, 0.717) is 32.5 Å². The van der Waals surface area contributed by atoms with Crippen LogP contribution in [-0.4, -0.2) is 31.1 Å². The summed E-state index contributed by atoms with van der Waals surface area (Å²) in [6.45, 7) is 3.38. The van der Waals surface area contributed by atoms with Gasteiger partial charge in [0, 0.05) is 20.2 Å². The minimum atomic E-state index is -0.788. The largest absolute Gasteiger partial charge is 0.380 e. The predicted octanol–water partition coefficient (Wildman–Crippen LogP) is 2.08. The van der Waals surface area contributed by atoms with Crippen molar-refractivity contribution in [2.24, 2.45) is 0 Å². The van der Waals surface area contributed by atoms with Gasteiger partial charge in [-0.15, -0.1) is 0 Å². The summed E-state index contributed by atoms with van der Waals surface area (Å²) in [6.07, 6.45) is 3.26. The molecule has 1 aromatic rings. The van der Waals surface area contributed by atoms with Crippen molar-refractivity contribution in [3.63, 3.8) is 0 Å². The fourth-order valence-electron chi connectivity index (χ4n) is 3.16. The van der Waals surface area contributed by atoms with Crippen LogP contribution in [0.4, 0.5) is 4.79 Å². The lowest BCUT2D eigenvalue weighted by atomic mass is 9.96. The highest BCUT2D eigenvalue weighted by Gasteiger charge is 2.42. The molecule has 132 valence electrons. The lowest BCUT2D eigenvalue weighted by Gasteiger charge is -2.29. The Kier molecular flexibility index (Phi) is 6.61. The molecular formula is C18H27N3O3. The monoisotopic (exact) mass is 333 g/mol. The van der Waals surface area contributed by atoms with Gasteiger partial charge in [-0.1, -0.05) is 37.1 Å². The number of carbonyl (C=O) groups excluding carboxylic acids is 2. The molecular weight excluding hydrogens is 306 g/mol. The average molecular weight is 333 g/mol. The lowest BCUT2D eigenvalue weighted by Crippen LogP contribution is -2.59. The number of benzene rings is 1. The van der Waals surface area contributed by atoms with Crippen molar-refractivity contribution >= 4 is 11.9 Å². The van der Waals surface area contributed by atoms with Gasteiger partial charge in [-0.05, 0) is 30.9 Å². The van der Waals surface area contributed by atoms with Crippen molar-refractivity contribution in [3.8, 4) is 0 Å². The van der Waals surface area contributed by atoms with Crippen molar-refractivity contribution < 1.29 is 14.3 Å². The van der Waals surface area contributed by atoms with Gasteiger partial charge >= 0.3 is 6.03 Å². The highest BCUT2D eigenvalue weighted by Crippen LogP contribution is 2.30. The Balaban J connectivity index is 1.98. The maximum atomic E-state index is 12.7. The minimum absolute atomic E-state index is 0.108. The second-order valence-corrected chi connectivity index (χ2v) is 6.21. The van der Waals surface area contributed by atoms with Crippen LogP contribution in [0.25, 0.3) is 0 Å². The van der Waals surface area contributed by atoms with Crippen LogP contribution in [0, 0.1) is 0 Å². The Morgan fingerprint density at radius 2 is 1.88 bits per heavy atom. The van der Waals surface area contributed by atoms with E-state index in [-0.39, 0.29) is 11.9 Å². The molecule has 0 aromatic heterocycles. The zero-order valence-corrected chi connectivity index (χ0v) is 14.5. The van der Waals surface area contributed by atoms with Crippen LogP contribution in [0.2, 0.25) is 0 Å². The van der Waals surface area contributed by atoms with Crippen molar-refractivity contribution in [1.82, 2.24) is 16.0 Å². The highest BCUT2D eigenvalue weighted by atomic mass is 16.5. The molecule has 1 aromatic carbocycles. The molecule has 0 spiro atoms. The SMILES string of the molecule is CCNC(=O)NC1(C(=O)NCc2cccc(COC)c2)CCCC1. The topological polar surface area (TPSA) is 79.5 Å². The third-order valence-corrected chi connectivity index (χ3v) is 4.34. The number of urea groups is 1. The Hall–Kier alpha value is -2.08. The third kappa shape index (κ3) is 4.71. The van der Waals surface area contributed by atoms with Crippen LogP contribution in [-0.2, 0) is 22.7 Å². The molecule has 24 heavy (non-hydrogen) atoms. The number of hydrogen-bond acceptors (Lipinski definition) is 3. The molecule has 1 aliphatic carbocycles. The number of rotatable bonds is 7. The number of hydrogen-bond donors (Lipinski definition) is 3. The first-order valence-corrected chi connectivity index (χ1v) is 8.50. The zero-order chi connectivity index (χ0) is 17.4. The Bertz CT molecular complexity index is 568. The van der Waals surface area contributed by atoms with E-state index in [1.165, 1.54) is 0 Å². The maximum absolute atomic E-state index is 12.7. The van der Waals surface area contributed by atoms with E-state index in [4.69, 9.17) is 4.74 Å². The van der Waals surface area contributed by atoms with Gasteiger partial charge in [-0.25, -0.2) is 4.79 Å². The van der Waals surface area contributed by atoms with Gasteiger partial charge in [0.15, 0.2) is 0 Å². The fourth-order valence-corrected chi connectivity index (χ4v) is 3.16. The smallest absolute Gasteiger partial charge is 0.315 e. The number of nitrogens with one attached hydrogen (secondary N) is 3. The Morgan fingerprint density at radius 1 is 1.17 bits per heavy atom. The first-order valence-electron chi connectivity index (χ1n) is 8.50. The van der Waals surface area contributed by atoms with Crippen LogP contribution in [0.5, 0.6) is 0 Å². The van der Waals surface area contributed by atoms with Crippen LogP contribution in [0.1, 0.15) is 43.7 Å². The molecule has 0 heterocycles. The number of methoxy groups -OCH3 is 1. The Labute approximate surface area is 143 Å². The fraction of sp³-hybridized carbons (Fsp3) is 0.556. The summed E-state index contributed by atoms with van der Waals surface area (Å²) in [5.74, 6) is -0.108. The van der Waals surface area contributed by atoms with E-state index in [1.54, 1.807) is 7.11 Å². The summed E-state index contributed by atoms with van der Waals surface area (Å²) >= 11 is 0. The maximum Gasteiger partial charge on any atom is 0.315 e. The summed E-state index contributed by atoms with van der Waals surface area (Å²) in [5, 5.41) is 8.56. The first kappa shape index (κ1) is 18.3. The molecule has 0 unspecified atom stereocenters. The highest BCUT2D eigenvalue weighted by molar-refractivity contribution is 5.91. The standard InChI is InChI=1S/C18H27N3O3/c1-3-19-17(23)21-18(9-4-5-10-18)16(22)20-12-14-7-6-8-15(11-14)13-24-2/h6-8,11H,3-5,9-10,12-13H2,1-2H3,(H,20,22)(H2,19,21,23). The summed E-state index contributed by atoms with van der Waals surface area (Å²) in [7, 11) is 1.66. The van der Waals surface area contributed by atoms with Gasteiger partial charge in [0.05, 0.1) is 6.61 Å². The van der Waals surface area contributed by atoms with Crippen LogP contribution in [0.3, 0.4) is 0 Å². The van der Waals surface area contributed by atoms with Gasteiger partial charge in [-0.3, -0.25) is 4.79 Å². The Morgan fingerprint density at radius 3 is 2.54 bits per heavy atom. The summed E-state index contributed by atoms with van der Waals surface area (Å²) in [4.78, 5) is 24.6. The van der Waals surface area contributed by atoms with E-state index in [0.717, 1.165) is 24.0 Å². The van der Waals surface area contributed by atoms with Crippen molar-refractivity contribution in [1.29, 1.82) is 0 Å². The number of amides is 3. The van der Waals surface area contributed by atoms with Gasteiger partial charge in [0.2, 0.25) is 5.91 Å². The summed E-state index contributed by atoms with van der Waals surface area (Å²) < 4.78 is 5.13. The molecule has 0 atom stereocenters. The quantitative estimate of drug-likeness (QED) is 0.715. The zero-order valence-electron chi connectivity index (χ0n) is 14.5. The number of ether oxygens (including phenoxy) is 1. The summed E-state index contributed by atoms with van der Waals surface area (Å²) in [5.41, 5.74) is 1.30. The second kappa shape index (κ2) is 8.68. The molecule has 0 saturated heterocycles. The molecule has 6 heteroatoms. The molecule has 0 aliphatic heterocycles. The average Bonchev–Trinajstić information content (AvgIpc) is 3.03. The van der Waals surface area contributed by atoms with Gasteiger partial charge in [-0.2, -0.15) is 0 Å². The second-order valence-electron chi connectivity index (χ2n) is 6.21. The number of carbonyl (C=O) groups is 2. The molecule has 1 saturated carbocycles. The van der Waals surface area contributed by atoms with Crippen molar-refractivity contribution in [2.75, 3.05) is 13.7 Å². The molecule has 6 nitrogen and oxygen atoms in total. The van der Waals surface area contributed by atoms with E-state index in [2.05, 4.69) is 16.0 Å². The van der Waals surface area contributed by atoms with E-state index in [1.807, 2.05) is 31.2 Å². The lowest BCUT2D eigenvalue weighted by molar-refractivity contribution is -0.127. The van der Waals surface area contributed by atoms with Gasteiger partial charge in [0.25, 0.3) is 0 Å². The van der Waals surface area contributed by atoms with Crippen LogP contribution in [0.15, 0.2) is 24.3 Å². The third-order valence-electron chi connectivity index (χ3n) is 4.34. The first-order chi connectivity index (χ1) is 11.6. The minimum Gasteiger partial charge on any atom is -0.380 e. The molecule has 1 fully saturated rings. The molecule has 3 N–H and O–H groups in total. The molecule has 0 radical (unpaired) electrons. The van der Waals surface area contributed by atoms with Gasteiger partial charge < -0.3 is 20.7 Å². The van der Waals surface area contributed by atoms with Crippen LogP contribution >= 0.6 is 0 Å². The molecule has 3 amide bonds. The van der Waals surface area contributed by atoms with E-state index >= 15 is 0 Å². The van der Waals surface area contributed by atoms with Crippen molar-refractivity contribution in [3.05, 3.63) is 35.4 Å². The van der Waals surface area contributed by atoms with E-state index < -0.39 is 5.54 Å².